The highest BCUT2D eigenvalue weighted by molar-refractivity contribution is 5.72. The van der Waals surface area contributed by atoms with Gasteiger partial charge < -0.3 is 10.2 Å². The van der Waals surface area contributed by atoms with E-state index in [1.165, 1.54) is 0 Å². The molecular formula is C10H16O3. The van der Waals surface area contributed by atoms with Gasteiger partial charge in [0.1, 0.15) is 0 Å². The maximum absolute atomic E-state index is 10.2. The van der Waals surface area contributed by atoms with Gasteiger partial charge in [-0.15, -0.1) is 6.58 Å². The average molecular weight is 184 g/mol. The Bertz CT molecular complexity index is 185. The van der Waals surface area contributed by atoms with E-state index in [-0.39, 0.29) is 6.42 Å². The standard InChI is InChI=1S/C10H16O3/c1-2-3-4-5-6-7-8-9(11)10(12)13/h2,6-7,9,11H,1,3-5,8H2,(H,12,13). The Kier molecular flexibility index (Phi) is 6.92. The van der Waals surface area contributed by atoms with Crippen LogP contribution in [0.25, 0.3) is 0 Å². The third kappa shape index (κ3) is 7.28. The summed E-state index contributed by atoms with van der Waals surface area (Å²) in [6.45, 7) is 3.59. The van der Waals surface area contributed by atoms with E-state index in [1.54, 1.807) is 6.08 Å². The molecule has 0 aromatic rings. The number of carbonyl (C=O) groups is 1. The molecule has 0 saturated carbocycles. The van der Waals surface area contributed by atoms with Crippen LogP contribution in [0.4, 0.5) is 0 Å². The topological polar surface area (TPSA) is 57.5 Å². The van der Waals surface area contributed by atoms with Crippen LogP contribution in [0.2, 0.25) is 0 Å². The van der Waals surface area contributed by atoms with Crippen molar-refractivity contribution in [3.8, 4) is 0 Å². The molecule has 3 nitrogen and oxygen atoms in total. The van der Waals surface area contributed by atoms with E-state index in [4.69, 9.17) is 10.2 Å². The first-order valence-corrected chi connectivity index (χ1v) is 4.35. The lowest BCUT2D eigenvalue weighted by Crippen LogP contribution is -2.17. The molecule has 2 N–H and O–H groups in total. The second-order valence-electron chi connectivity index (χ2n) is 2.78. The zero-order valence-corrected chi connectivity index (χ0v) is 7.65. The molecule has 0 aliphatic rings. The SMILES string of the molecule is C=CCCCC=CCC(O)C(=O)O. The van der Waals surface area contributed by atoms with Gasteiger partial charge in [0, 0.05) is 6.42 Å². The first-order valence-electron chi connectivity index (χ1n) is 4.35. The fourth-order valence-electron chi connectivity index (χ4n) is 0.824. The summed E-state index contributed by atoms with van der Waals surface area (Å²) in [4.78, 5) is 10.2. The smallest absolute Gasteiger partial charge is 0.332 e. The third-order valence-corrected chi connectivity index (χ3v) is 1.59. The van der Waals surface area contributed by atoms with E-state index in [1.807, 2.05) is 12.2 Å². The Morgan fingerprint density at radius 1 is 1.38 bits per heavy atom. The van der Waals surface area contributed by atoms with Crippen molar-refractivity contribution in [3.63, 3.8) is 0 Å². The molecular weight excluding hydrogens is 168 g/mol. The molecule has 1 atom stereocenters. The highest BCUT2D eigenvalue weighted by Crippen LogP contribution is 1.99. The number of aliphatic hydroxyl groups excluding tert-OH is 1. The summed E-state index contributed by atoms with van der Waals surface area (Å²) in [6.07, 6.45) is 7.23. The van der Waals surface area contributed by atoms with Gasteiger partial charge in [-0.05, 0) is 19.3 Å². The van der Waals surface area contributed by atoms with Gasteiger partial charge in [0.25, 0.3) is 0 Å². The van der Waals surface area contributed by atoms with Crippen LogP contribution in [0.1, 0.15) is 25.7 Å². The second-order valence-corrected chi connectivity index (χ2v) is 2.78. The van der Waals surface area contributed by atoms with Crippen LogP contribution < -0.4 is 0 Å². The Balaban J connectivity index is 3.40. The lowest BCUT2D eigenvalue weighted by molar-refractivity contribution is -0.146. The van der Waals surface area contributed by atoms with Crippen molar-refractivity contribution in [1.29, 1.82) is 0 Å². The maximum atomic E-state index is 10.2. The normalized spacial score (nSPS) is 13.0. The predicted octanol–water partition coefficient (Wildman–Crippen LogP) is 1.73. The molecule has 0 amide bonds. The molecule has 0 radical (unpaired) electrons. The van der Waals surface area contributed by atoms with Crippen molar-refractivity contribution in [1.82, 2.24) is 0 Å². The Labute approximate surface area is 78.4 Å². The maximum Gasteiger partial charge on any atom is 0.332 e. The lowest BCUT2D eigenvalue weighted by atomic mass is 10.2. The molecule has 0 aliphatic carbocycles. The van der Waals surface area contributed by atoms with Crippen LogP contribution in [0.3, 0.4) is 0 Å². The Hall–Kier alpha value is -1.09. The largest absolute Gasteiger partial charge is 0.479 e. The van der Waals surface area contributed by atoms with Gasteiger partial charge in [-0.3, -0.25) is 0 Å². The number of carboxylic acids is 1. The van der Waals surface area contributed by atoms with Gasteiger partial charge in [-0.1, -0.05) is 18.2 Å². The van der Waals surface area contributed by atoms with Gasteiger partial charge in [-0.25, -0.2) is 4.79 Å². The number of aliphatic carboxylic acids is 1. The predicted molar refractivity (Wildman–Crippen MR) is 51.4 cm³/mol. The fourth-order valence-corrected chi connectivity index (χ4v) is 0.824. The number of aliphatic hydroxyl groups is 1. The van der Waals surface area contributed by atoms with Crippen LogP contribution in [0.15, 0.2) is 24.8 Å². The first-order chi connectivity index (χ1) is 6.18. The van der Waals surface area contributed by atoms with E-state index in [9.17, 15) is 4.79 Å². The summed E-state index contributed by atoms with van der Waals surface area (Å²) in [5.74, 6) is -1.17. The third-order valence-electron chi connectivity index (χ3n) is 1.59. The summed E-state index contributed by atoms with van der Waals surface area (Å²) in [7, 11) is 0. The number of allylic oxidation sites excluding steroid dienone is 2. The lowest BCUT2D eigenvalue weighted by Gasteiger charge is -1.98. The number of hydrogen-bond acceptors (Lipinski definition) is 2. The summed E-state index contributed by atoms with van der Waals surface area (Å²) >= 11 is 0. The van der Waals surface area contributed by atoms with E-state index in [0.717, 1.165) is 19.3 Å². The first kappa shape index (κ1) is 11.9. The highest BCUT2D eigenvalue weighted by atomic mass is 16.4. The van der Waals surface area contributed by atoms with Gasteiger partial charge in [0.15, 0.2) is 6.10 Å². The Morgan fingerprint density at radius 3 is 2.62 bits per heavy atom. The molecule has 0 bridgehead atoms. The summed E-state index contributed by atoms with van der Waals surface area (Å²) in [5.41, 5.74) is 0. The molecule has 0 rings (SSSR count). The molecule has 0 spiro atoms. The molecule has 13 heavy (non-hydrogen) atoms. The molecule has 1 unspecified atom stereocenters. The number of unbranched alkanes of at least 4 members (excludes halogenated alkanes) is 2. The minimum atomic E-state index is -1.27. The van der Waals surface area contributed by atoms with E-state index < -0.39 is 12.1 Å². The second kappa shape index (κ2) is 7.55. The highest BCUT2D eigenvalue weighted by Gasteiger charge is 2.09. The van der Waals surface area contributed by atoms with Crippen molar-refractivity contribution in [2.75, 3.05) is 0 Å². The van der Waals surface area contributed by atoms with Gasteiger partial charge in [0.2, 0.25) is 0 Å². The van der Waals surface area contributed by atoms with Crippen molar-refractivity contribution in [2.24, 2.45) is 0 Å². The van der Waals surface area contributed by atoms with Crippen LogP contribution >= 0.6 is 0 Å². The number of rotatable bonds is 7. The van der Waals surface area contributed by atoms with Crippen LogP contribution in [0, 0.1) is 0 Å². The van der Waals surface area contributed by atoms with Gasteiger partial charge >= 0.3 is 5.97 Å². The monoisotopic (exact) mass is 184 g/mol. The quantitative estimate of drug-likeness (QED) is 0.468. The number of carboxylic acid groups (broad SMARTS) is 1. The van der Waals surface area contributed by atoms with E-state index in [0.29, 0.717) is 0 Å². The summed E-state index contributed by atoms with van der Waals surface area (Å²) < 4.78 is 0. The minimum absolute atomic E-state index is 0.184. The molecule has 74 valence electrons. The van der Waals surface area contributed by atoms with Gasteiger partial charge in [-0.2, -0.15) is 0 Å². The Morgan fingerprint density at radius 2 is 2.08 bits per heavy atom. The van der Waals surface area contributed by atoms with Crippen LogP contribution in [-0.4, -0.2) is 22.3 Å². The van der Waals surface area contributed by atoms with Gasteiger partial charge in [0.05, 0.1) is 0 Å². The molecule has 0 aliphatic heterocycles. The fraction of sp³-hybridized carbons (Fsp3) is 0.500. The summed E-state index contributed by atoms with van der Waals surface area (Å²) in [5, 5.41) is 17.2. The van der Waals surface area contributed by atoms with E-state index in [2.05, 4.69) is 6.58 Å². The zero-order valence-electron chi connectivity index (χ0n) is 7.65. The van der Waals surface area contributed by atoms with Crippen molar-refractivity contribution >= 4 is 5.97 Å². The van der Waals surface area contributed by atoms with Crippen molar-refractivity contribution < 1.29 is 15.0 Å². The molecule has 0 aromatic carbocycles. The molecule has 3 heteroatoms. The van der Waals surface area contributed by atoms with Crippen molar-refractivity contribution in [2.45, 2.75) is 31.8 Å². The minimum Gasteiger partial charge on any atom is -0.479 e. The molecule has 0 aromatic heterocycles. The zero-order chi connectivity index (χ0) is 10.1. The van der Waals surface area contributed by atoms with Crippen LogP contribution in [0.5, 0.6) is 0 Å². The summed E-state index contributed by atoms with van der Waals surface area (Å²) in [6, 6.07) is 0. The average Bonchev–Trinajstić information content (AvgIpc) is 2.10. The molecule has 0 heterocycles. The molecule has 0 fully saturated rings. The molecule has 0 saturated heterocycles. The van der Waals surface area contributed by atoms with Crippen molar-refractivity contribution in [3.05, 3.63) is 24.8 Å². The van der Waals surface area contributed by atoms with Crippen LogP contribution in [-0.2, 0) is 4.79 Å². The van der Waals surface area contributed by atoms with E-state index >= 15 is 0 Å². The number of hydrogen-bond donors (Lipinski definition) is 2.